The van der Waals surface area contributed by atoms with Crippen molar-refractivity contribution in [3.63, 3.8) is 0 Å². The number of nitrogens with one attached hydrogen (secondary N) is 1. The molecule has 2 rings (SSSR count). The van der Waals surface area contributed by atoms with E-state index in [1.165, 1.54) is 11.3 Å². The minimum absolute atomic E-state index is 0.758. The largest absolute Gasteiger partial charge is 0.337 e. The fourth-order valence-electron chi connectivity index (χ4n) is 1.78. The molecule has 0 atom stereocenters. The number of aromatic amines is 1. The van der Waals surface area contributed by atoms with Crippen molar-refractivity contribution >= 4 is 12.2 Å². The molecule has 0 saturated carbocycles. The summed E-state index contributed by atoms with van der Waals surface area (Å²) in [6.45, 7) is 4.21. The zero-order chi connectivity index (χ0) is 10.8. The Balaban J connectivity index is 2.69. The highest BCUT2D eigenvalue weighted by molar-refractivity contribution is 7.71. The van der Waals surface area contributed by atoms with E-state index in [4.69, 9.17) is 12.2 Å². The van der Waals surface area contributed by atoms with Gasteiger partial charge in [0, 0.05) is 11.9 Å². The highest BCUT2D eigenvalue weighted by Crippen LogP contribution is 2.17. The quantitative estimate of drug-likeness (QED) is 0.766. The first-order chi connectivity index (χ1) is 7.24. The Bertz CT molecular complexity index is 522. The molecule has 2 nitrogen and oxygen atoms in total. The number of hydrogen-bond acceptors (Lipinski definition) is 1. The second-order valence-corrected chi connectivity index (χ2v) is 3.94. The van der Waals surface area contributed by atoms with Gasteiger partial charge >= 0.3 is 0 Å². The van der Waals surface area contributed by atoms with Crippen LogP contribution in [0, 0.1) is 11.7 Å². The van der Waals surface area contributed by atoms with Gasteiger partial charge in [0.1, 0.15) is 0 Å². The Labute approximate surface area is 94.6 Å². The molecule has 0 aliphatic heterocycles. The van der Waals surface area contributed by atoms with Crippen molar-refractivity contribution in [2.45, 2.75) is 20.3 Å². The molecule has 0 unspecified atom stereocenters. The van der Waals surface area contributed by atoms with Gasteiger partial charge in [0.25, 0.3) is 0 Å². The summed E-state index contributed by atoms with van der Waals surface area (Å²) in [6.07, 6.45) is 2.96. The Morgan fingerprint density at radius 2 is 2.07 bits per heavy atom. The highest BCUT2D eigenvalue weighted by Gasteiger charge is 2.05. The van der Waals surface area contributed by atoms with Crippen molar-refractivity contribution in [1.82, 2.24) is 9.55 Å². The molecule has 0 saturated heterocycles. The Hall–Kier alpha value is -1.35. The van der Waals surface area contributed by atoms with Gasteiger partial charge in [-0.25, -0.2) is 0 Å². The van der Waals surface area contributed by atoms with Crippen LogP contribution in [0.1, 0.15) is 18.2 Å². The van der Waals surface area contributed by atoms with E-state index in [0.29, 0.717) is 0 Å². The number of hydrogen-bond donors (Lipinski definition) is 1. The van der Waals surface area contributed by atoms with E-state index in [-0.39, 0.29) is 0 Å². The molecule has 0 aliphatic carbocycles. The first-order valence-electron chi connectivity index (χ1n) is 5.09. The average molecular weight is 218 g/mol. The third-order valence-corrected chi connectivity index (χ3v) is 2.87. The van der Waals surface area contributed by atoms with Crippen LogP contribution in [0.25, 0.3) is 5.69 Å². The summed E-state index contributed by atoms with van der Waals surface area (Å²) in [5.74, 6) is 0. The minimum Gasteiger partial charge on any atom is -0.337 e. The zero-order valence-corrected chi connectivity index (χ0v) is 9.77. The molecule has 1 aromatic heterocycles. The van der Waals surface area contributed by atoms with Gasteiger partial charge in [0.05, 0.1) is 5.69 Å². The molecule has 15 heavy (non-hydrogen) atoms. The van der Waals surface area contributed by atoms with Gasteiger partial charge in [-0.2, -0.15) is 0 Å². The second kappa shape index (κ2) is 4.03. The fraction of sp³-hybridized carbons (Fsp3) is 0.250. The van der Waals surface area contributed by atoms with Gasteiger partial charge in [-0.1, -0.05) is 25.1 Å². The van der Waals surface area contributed by atoms with Crippen LogP contribution >= 0.6 is 12.2 Å². The zero-order valence-electron chi connectivity index (χ0n) is 8.95. The van der Waals surface area contributed by atoms with Crippen LogP contribution in [0.3, 0.4) is 0 Å². The van der Waals surface area contributed by atoms with Gasteiger partial charge in [-0.15, -0.1) is 0 Å². The van der Waals surface area contributed by atoms with Gasteiger partial charge in [0.15, 0.2) is 4.77 Å². The van der Waals surface area contributed by atoms with Crippen molar-refractivity contribution in [1.29, 1.82) is 0 Å². The SMILES string of the molecule is CCc1ccccc1-n1c(C)c[nH]c1=S. The van der Waals surface area contributed by atoms with Crippen molar-refractivity contribution < 1.29 is 0 Å². The van der Waals surface area contributed by atoms with Gasteiger partial charge in [-0.05, 0) is 37.2 Å². The Kier molecular flexibility index (Phi) is 2.73. The molecule has 0 fully saturated rings. The first-order valence-corrected chi connectivity index (χ1v) is 5.50. The van der Waals surface area contributed by atoms with Crippen LogP contribution in [0.5, 0.6) is 0 Å². The molecule has 0 radical (unpaired) electrons. The summed E-state index contributed by atoms with van der Waals surface area (Å²) in [7, 11) is 0. The summed E-state index contributed by atoms with van der Waals surface area (Å²) < 4.78 is 2.84. The number of aromatic nitrogens is 2. The summed E-state index contributed by atoms with van der Waals surface area (Å²) >= 11 is 5.27. The van der Waals surface area contributed by atoms with E-state index < -0.39 is 0 Å². The Morgan fingerprint density at radius 3 is 2.67 bits per heavy atom. The average Bonchev–Trinajstić information content (AvgIpc) is 2.59. The highest BCUT2D eigenvalue weighted by atomic mass is 32.1. The maximum absolute atomic E-state index is 5.27. The predicted molar refractivity (Wildman–Crippen MR) is 65.1 cm³/mol. The topological polar surface area (TPSA) is 20.7 Å². The number of H-pyrrole nitrogens is 1. The third-order valence-electron chi connectivity index (χ3n) is 2.57. The van der Waals surface area contributed by atoms with Crippen LogP contribution in [-0.4, -0.2) is 9.55 Å². The van der Waals surface area contributed by atoms with Gasteiger partial charge in [0.2, 0.25) is 0 Å². The van der Waals surface area contributed by atoms with Crippen LogP contribution in [-0.2, 0) is 6.42 Å². The Morgan fingerprint density at radius 1 is 1.33 bits per heavy atom. The third kappa shape index (κ3) is 1.75. The lowest BCUT2D eigenvalue weighted by atomic mass is 10.1. The van der Waals surface area contributed by atoms with Crippen LogP contribution in [0.15, 0.2) is 30.5 Å². The molecule has 2 aromatic rings. The van der Waals surface area contributed by atoms with E-state index >= 15 is 0 Å². The van der Waals surface area contributed by atoms with E-state index in [2.05, 4.69) is 41.6 Å². The molecule has 0 spiro atoms. The van der Waals surface area contributed by atoms with E-state index in [1.807, 2.05) is 12.3 Å². The number of rotatable bonds is 2. The molecule has 78 valence electrons. The number of para-hydroxylation sites is 1. The van der Waals surface area contributed by atoms with Crippen LogP contribution < -0.4 is 0 Å². The monoisotopic (exact) mass is 218 g/mol. The number of aryl methyl sites for hydroxylation is 2. The molecule has 1 aromatic carbocycles. The number of nitrogens with zero attached hydrogens (tertiary/aromatic N) is 1. The van der Waals surface area contributed by atoms with Crippen LogP contribution in [0.2, 0.25) is 0 Å². The second-order valence-electron chi connectivity index (χ2n) is 3.55. The smallest absolute Gasteiger partial charge is 0.182 e. The molecule has 0 aliphatic rings. The van der Waals surface area contributed by atoms with Crippen molar-refractivity contribution in [2.75, 3.05) is 0 Å². The van der Waals surface area contributed by atoms with Gasteiger partial charge in [-0.3, -0.25) is 4.57 Å². The predicted octanol–water partition coefficient (Wildman–Crippen LogP) is 3.41. The van der Waals surface area contributed by atoms with Crippen molar-refractivity contribution in [2.24, 2.45) is 0 Å². The lowest BCUT2D eigenvalue weighted by Gasteiger charge is -2.10. The normalized spacial score (nSPS) is 10.5. The van der Waals surface area contributed by atoms with Crippen molar-refractivity contribution in [3.05, 3.63) is 46.5 Å². The van der Waals surface area contributed by atoms with E-state index in [1.54, 1.807) is 0 Å². The number of benzene rings is 1. The maximum atomic E-state index is 5.27. The molecular formula is C12H14N2S. The first kappa shape index (κ1) is 10.2. The molecular weight excluding hydrogens is 204 g/mol. The van der Waals surface area contributed by atoms with Crippen molar-refractivity contribution in [3.8, 4) is 5.69 Å². The standard InChI is InChI=1S/C12H14N2S/c1-3-10-6-4-5-7-11(10)14-9(2)8-13-12(14)15/h4-8H,3H2,1-2H3,(H,13,15). The molecule has 3 heteroatoms. The van der Waals surface area contributed by atoms with Crippen LogP contribution in [0.4, 0.5) is 0 Å². The summed E-state index contributed by atoms with van der Waals surface area (Å²) in [5, 5.41) is 0. The van der Waals surface area contributed by atoms with E-state index in [0.717, 1.165) is 16.9 Å². The molecule has 0 bridgehead atoms. The molecule has 0 amide bonds. The fourth-order valence-corrected chi connectivity index (χ4v) is 2.08. The molecule has 1 N–H and O–H groups in total. The van der Waals surface area contributed by atoms with E-state index in [9.17, 15) is 0 Å². The van der Waals surface area contributed by atoms with Gasteiger partial charge < -0.3 is 4.98 Å². The summed E-state index contributed by atoms with van der Waals surface area (Å²) in [5.41, 5.74) is 3.64. The molecule has 1 heterocycles. The summed E-state index contributed by atoms with van der Waals surface area (Å²) in [6, 6.07) is 8.36. The lowest BCUT2D eigenvalue weighted by Crippen LogP contribution is -2.00. The summed E-state index contributed by atoms with van der Waals surface area (Å²) in [4.78, 5) is 3.06. The number of imidazole rings is 1. The lowest BCUT2D eigenvalue weighted by molar-refractivity contribution is 0.952. The minimum atomic E-state index is 0.758. The maximum Gasteiger partial charge on any atom is 0.182 e.